The van der Waals surface area contributed by atoms with Gasteiger partial charge in [0.25, 0.3) is 0 Å². The maximum atomic E-state index is 9.63. The largest absolute Gasteiger partial charge is 0.370 e. The van der Waals surface area contributed by atoms with Gasteiger partial charge in [-0.05, 0) is 59.0 Å². The summed E-state index contributed by atoms with van der Waals surface area (Å²) in [6.45, 7) is 12.6. The lowest BCUT2D eigenvalue weighted by atomic mass is 9.85. The van der Waals surface area contributed by atoms with E-state index in [1.165, 1.54) is 12.8 Å². The molecular formula is C17H31N3O. The summed E-state index contributed by atoms with van der Waals surface area (Å²) >= 11 is 0. The van der Waals surface area contributed by atoms with Crippen molar-refractivity contribution in [3.63, 3.8) is 0 Å². The van der Waals surface area contributed by atoms with Crippen LogP contribution in [0.1, 0.15) is 53.4 Å². The van der Waals surface area contributed by atoms with Crippen LogP contribution in [0.4, 0.5) is 0 Å². The Bertz CT molecular complexity index is 390. The summed E-state index contributed by atoms with van der Waals surface area (Å²) in [5.74, 6) is 0.490. The molecule has 1 heterocycles. The van der Waals surface area contributed by atoms with E-state index in [1.54, 1.807) is 0 Å². The normalized spacial score (nSPS) is 36.5. The molecule has 0 amide bonds. The second kappa shape index (κ2) is 6.64. The van der Waals surface area contributed by atoms with Crippen LogP contribution in [0.3, 0.4) is 0 Å². The quantitative estimate of drug-likeness (QED) is 0.846. The third-order valence-electron chi connectivity index (χ3n) is 4.95. The Labute approximate surface area is 129 Å². The van der Waals surface area contributed by atoms with Crippen LogP contribution in [0.15, 0.2) is 0 Å². The average Bonchev–Trinajstić information content (AvgIpc) is 2.78. The minimum absolute atomic E-state index is 0.0542. The Hall–Kier alpha value is -0.630. The molecule has 0 bridgehead atoms. The Kier molecular flexibility index (Phi) is 5.29. The second-order valence-electron chi connectivity index (χ2n) is 7.41. The number of rotatable bonds is 5. The molecule has 1 aliphatic carbocycles. The van der Waals surface area contributed by atoms with Crippen molar-refractivity contribution in [1.29, 1.82) is 5.26 Å². The summed E-state index contributed by atoms with van der Waals surface area (Å²) < 4.78 is 5.97. The van der Waals surface area contributed by atoms with E-state index < -0.39 is 0 Å². The first-order chi connectivity index (χ1) is 9.91. The molecule has 1 N–H and O–H groups in total. The first kappa shape index (κ1) is 16.7. The Balaban J connectivity index is 1.91. The van der Waals surface area contributed by atoms with Gasteiger partial charge in [0.2, 0.25) is 0 Å². The van der Waals surface area contributed by atoms with E-state index in [2.05, 4.69) is 44.0 Å². The first-order valence-corrected chi connectivity index (χ1v) is 8.47. The van der Waals surface area contributed by atoms with E-state index >= 15 is 0 Å². The number of nitrogens with one attached hydrogen (secondary N) is 1. The third-order valence-corrected chi connectivity index (χ3v) is 4.95. The minimum Gasteiger partial charge on any atom is -0.370 e. The molecule has 0 aromatic rings. The molecule has 1 saturated carbocycles. The van der Waals surface area contributed by atoms with Gasteiger partial charge in [0.05, 0.1) is 17.8 Å². The molecule has 120 valence electrons. The van der Waals surface area contributed by atoms with Crippen molar-refractivity contribution in [2.75, 3.05) is 26.2 Å². The topological polar surface area (TPSA) is 48.3 Å². The van der Waals surface area contributed by atoms with Crippen molar-refractivity contribution < 1.29 is 4.74 Å². The number of hydrogen-bond acceptors (Lipinski definition) is 4. The maximum Gasteiger partial charge on any atom is 0.109 e. The lowest BCUT2D eigenvalue weighted by Gasteiger charge is -2.42. The van der Waals surface area contributed by atoms with Gasteiger partial charge in [0.15, 0.2) is 0 Å². The van der Waals surface area contributed by atoms with Gasteiger partial charge >= 0.3 is 0 Å². The fourth-order valence-corrected chi connectivity index (χ4v) is 4.30. The monoisotopic (exact) mass is 293 g/mol. The molecule has 0 spiro atoms. The molecule has 4 heteroatoms. The number of ether oxygens (including phenoxy) is 1. The van der Waals surface area contributed by atoms with Crippen molar-refractivity contribution in [3.05, 3.63) is 0 Å². The summed E-state index contributed by atoms with van der Waals surface area (Å²) in [7, 11) is 0. The van der Waals surface area contributed by atoms with Crippen molar-refractivity contribution in [1.82, 2.24) is 10.2 Å². The number of nitrogens with zero attached hydrogens (tertiary/aromatic N) is 2. The van der Waals surface area contributed by atoms with E-state index in [0.717, 1.165) is 39.0 Å². The molecule has 0 aromatic heterocycles. The van der Waals surface area contributed by atoms with Gasteiger partial charge in [-0.1, -0.05) is 13.3 Å². The predicted molar refractivity (Wildman–Crippen MR) is 85.0 cm³/mol. The van der Waals surface area contributed by atoms with Crippen LogP contribution >= 0.6 is 0 Å². The van der Waals surface area contributed by atoms with Crippen LogP contribution in [-0.2, 0) is 4.74 Å². The Morgan fingerprint density at radius 1 is 1.43 bits per heavy atom. The molecule has 0 radical (unpaired) electrons. The van der Waals surface area contributed by atoms with Crippen LogP contribution in [0.2, 0.25) is 0 Å². The summed E-state index contributed by atoms with van der Waals surface area (Å²) in [5, 5.41) is 13.1. The van der Waals surface area contributed by atoms with Crippen LogP contribution in [-0.4, -0.2) is 48.3 Å². The van der Waals surface area contributed by atoms with E-state index in [9.17, 15) is 5.26 Å². The van der Waals surface area contributed by atoms with Crippen molar-refractivity contribution in [3.8, 4) is 6.07 Å². The van der Waals surface area contributed by atoms with Gasteiger partial charge in [0.1, 0.15) is 5.54 Å². The molecule has 3 atom stereocenters. The van der Waals surface area contributed by atoms with Crippen molar-refractivity contribution >= 4 is 0 Å². The standard InChI is InChI=1S/C17H31N3O/c1-5-19-17(12-18)9-6-7-15(17)8-10-20-11-14(2)21-16(3,4)13-20/h14-15,19H,5-11,13H2,1-4H3. The highest BCUT2D eigenvalue weighted by molar-refractivity contribution is 5.14. The smallest absolute Gasteiger partial charge is 0.109 e. The molecule has 4 nitrogen and oxygen atoms in total. The summed E-state index contributed by atoms with van der Waals surface area (Å²) in [6.07, 6.45) is 4.78. The van der Waals surface area contributed by atoms with Gasteiger partial charge in [-0.15, -0.1) is 0 Å². The van der Waals surface area contributed by atoms with Gasteiger partial charge in [0, 0.05) is 13.1 Å². The molecule has 2 fully saturated rings. The zero-order chi connectivity index (χ0) is 15.5. The molecule has 0 aromatic carbocycles. The highest BCUT2D eigenvalue weighted by Crippen LogP contribution is 2.38. The maximum absolute atomic E-state index is 9.63. The van der Waals surface area contributed by atoms with E-state index in [4.69, 9.17) is 4.74 Å². The fraction of sp³-hybridized carbons (Fsp3) is 0.941. The lowest BCUT2D eigenvalue weighted by molar-refractivity contribution is -0.129. The Morgan fingerprint density at radius 2 is 2.19 bits per heavy atom. The lowest BCUT2D eigenvalue weighted by Crippen LogP contribution is -2.53. The van der Waals surface area contributed by atoms with Crippen molar-refractivity contribution in [2.24, 2.45) is 5.92 Å². The SMILES string of the molecule is CCNC1(C#N)CCCC1CCN1CC(C)OC(C)(C)C1. The first-order valence-electron chi connectivity index (χ1n) is 8.47. The van der Waals surface area contributed by atoms with E-state index in [0.29, 0.717) is 12.0 Å². The van der Waals surface area contributed by atoms with Crippen LogP contribution < -0.4 is 5.32 Å². The molecule has 1 saturated heterocycles. The van der Waals surface area contributed by atoms with Crippen LogP contribution in [0.5, 0.6) is 0 Å². The molecule has 3 unspecified atom stereocenters. The van der Waals surface area contributed by atoms with Crippen LogP contribution in [0, 0.1) is 17.2 Å². The number of nitriles is 1. The average molecular weight is 293 g/mol. The van der Waals surface area contributed by atoms with E-state index in [-0.39, 0.29) is 11.1 Å². The predicted octanol–water partition coefficient (Wildman–Crippen LogP) is 2.55. The highest BCUT2D eigenvalue weighted by atomic mass is 16.5. The molecule has 2 rings (SSSR count). The van der Waals surface area contributed by atoms with Gasteiger partial charge < -0.3 is 4.74 Å². The van der Waals surface area contributed by atoms with Gasteiger partial charge in [-0.3, -0.25) is 10.2 Å². The fourth-order valence-electron chi connectivity index (χ4n) is 4.30. The zero-order valence-electron chi connectivity index (χ0n) is 14.1. The number of morpholine rings is 1. The molecule has 2 aliphatic rings. The molecular weight excluding hydrogens is 262 g/mol. The highest BCUT2D eigenvalue weighted by Gasteiger charge is 2.42. The zero-order valence-corrected chi connectivity index (χ0v) is 14.1. The van der Waals surface area contributed by atoms with Crippen molar-refractivity contribution in [2.45, 2.75) is 70.6 Å². The molecule has 1 aliphatic heterocycles. The Morgan fingerprint density at radius 3 is 2.81 bits per heavy atom. The molecule has 21 heavy (non-hydrogen) atoms. The second-order valence-corrected chi connectivity index (χ2v) is 7.41. The van der Waals surface area contributed by atoms with E-state index in [1.807, 2.05) is 0 Å². The summed E-state index contributed by atoms with van der Waals surface area (Å²) in [4.78, 5) is 2.51. The summed E-state index contributed by atoms with van der Waals surface area (Å²) in [5.41, 5.74) is -0.330. The van der Waals surface area contributed by atoms with Gasteiger partial charge in [-0.2, -0.15) is 5.26 Å². The summed E-state index contributed by atoms with van der Waals surface area (Å²) in [6, 6.07) is 2.59. The third kappa shape index (κ3) is 3.97. The van der Waals surface area contributed by atoms with Gasteiger partial charge in [-0.25, -0.2) is 0 Å². The van der Waals surface area contributed by atoms with Crippen LogP contribution in [0.25, 0.3) is 0 Å². The minimum atomic E-state index is -0.276. The number of hydrogen-bond donors (Lipinski definition) is 1.